The fourth-order valence-corrected chi connectivity index (χ4v) is 2.40. The first-order valence-corrected chi connectivity index (χ1v) is 8.24. The molecular weight excluding hydrogens is 350 g/mol. The first-order chi connectivity index (χ1) is 12.9. The van der Waals surface area contributed by atoms with Crippen molar-refractivity contribution >= 4 is 28.9 Å². The molecule has 0 spiro atoms. The van der Waals surface area contributed by atoms with Gasteiger partial charge in [-0.25, -0.2) is 0 Å². The molecule has 144 valence electrons. The third-order valence-electron chi connectivity index (χ3n) is 3.86. The highest BCUT2D eigenvalue weighted by Gasteiger charge is 2.15. The Balaban J connectivity index is 2.30. The molecule has 8 heteroatoms. The largest absolute Gasteiger partial charge is 0.495 e. The number of amides is 2. The predicted molar refractivity (Wildman–Crippen MR) is 104 cm³/mol. The highest BCUT2D eigenvalue weighted by molar-refractivity contribution is 6.06. The van der Waals surface area contributed by atoms with Gasteiger partial charge >= 0.3 is 0 Å². The van der Waals surface area contributed by atoms with Crippen molar-refractivity contribution in [3.05, 3.63) is 35.9 Å². The maximum Gasteiger partial charge on any atom is 0.255 e. The van der Waals surface area contributed by atoms with E-state index in [4.69, 9.17) is 19.9 Å². The van der Waals surface area contributed by atoms with Gasteiger partial charge in [0.2, 0.25) is 5.91 Å². The minimum atomic E-state index is -0.376. The van der Waals surface area contributed by atoms with E-state index in [9.17, 15) is 9.59 Å². The van der Waals surface area contributed by atoms with E-state index >= 15 is 0 Å². The van der Waals surface area contributed by atoms with E-state index in [1.54, 1.807) is 37.3 Å². The SMILES string of the molecule is CCC(=O)Nc1cc(C(=O)Nc2cc(OC)c(N)c(OC)c2)ccc1OC. The smallest absolute Gasteiger partial charge is 0.255 e. The van der Waals surface area contributed by atoms with Crippen LogP contribution in [0.2, 0.25) is 0 Å². The van der Waals surface area contributed by atoms with Crippen LogP contribution in [0.25, 0.3) is 0 Å². The van der Waals surface area contributed by atoms with Crippen molar-refractivity contribution < 1.29 is 23.8 Å². The molecule has 8 nitrogen and oxygen atoms in total. The Labute approximate surface area is 157 Å². The van der Waals surface area contributed by atoms with E-state index in [1.807, 2.05) is 0 Å². The molecule has 0 saturated heterocycles. The molecule has 0 aliphatic carbocycles. The number of nitrogens with one attached hydrogen (secondary N) is 2. The van der Waals surface area contributed by atoms with Gasteiger partial charge in [-0.05, 0) is 18.2 Å². The van der Waals surface area contributed by atoms with E-state index < -0.39 is 0 Å². The third kappa shape index (κ3) is 4.60. The normalized spacial score (nSPS) is 10.1. The standard InChI is InChI=1S/C19H23N3O5/c1-5-17(23)22-13-8-11(6-7-14(13)25-2)19(24)21-12-9-15(26-3)18(20)16(10-12)27-4/h6-10H,5,20H2,1-4H3,(H,21,24)(H,22,23). The molecule has 0 aliphatic heterocycles. The fraction of sp³-hybridized carbons (Fsp3) is 0.263. The molecule has 27 heavy (non-hydrogen) atoms. The van der Waals surface area contributed by atoms with Crippen molar-refractivity contribution in [1.29, 1.82) is 0 Å². The quantitative estimate of drug-likeness (QED) is 0.644. The van der Waals surface area contributed by atoms with Crippen molar-refractivity contribution in [1.82, 2.24) is 0 Å². The van der Waals surface area contributed by atoms with Gasteiger partial charge in [0.05, 0.1) is 27.0 Å². The number of hydrogen-bond acceptors (Lipinski definition) is 6. The van der Waals surface area contributed by atoms with Gasteiger partial charge in [0.15, 0.2) is 0 Å². The molecule has 0 saturated carbocycles. The molecule has 0 bridgehead atoms. The Morgan fingerprint density at radius 1 is 0.926 bits per heavy atom. The first kappa shape index (κ1) is 19.9. The predicted octanol–water partition coefficient (Wildman–Crippen LogP) is 2.90. The summed E-state index contributed by atoms with van der Waals surface area (Å²) in [6.45, 7) is 1.74. The Hall–Kier alpha value is -3.42. The fourth-order valence-electron chi connectivity index (χ4n) is 2.40. The monoisotopic (exact) mass is 373 g/mol. The van der Waals surface area contributed by atoms with Crippen molar-refractivity contribution in [3.8, 4) is 17.2 Å². The Morgan fingerprint density at radius 3 is 2.04 bits per heavy atom. The zero-order valence-corrected chi connectivity index (χ0v) is 15.7. The second-order valence-electron chi connectivity index (χ2n) is 5.57. The van der Waals surface area contributed by atoms with Crippen LogP contribution in [0.1, 0.15) is 23.7 Å². The summed E-state index contributed by atoms with van der Waals surface area (Å²) in [5.41, 5.74) is 7.47. The van der Waals surface area contributed by atoms with Crippen LogP contribution in [0.3, 0.4) is 0 Å². The lowest BCUT2D eigenvalue weighted by Gasteiger charge is -2.14. The topological polar surface area (TPSA) is 112 Å². The second-order valence-corrected chi connectivity index (χ2v) is 5.57. The van der Waals surface area contributed by atoms with Crippen LogP contribution in [0.15, 0.2) is 30.3 Å². The van der Waals surface area contributed by atoms with Crippen molar-refractivity contribution in [2.24, 2.45) is 0 Å². The number of anilines is 3. The van der Waals surface area contributed by atoms with Gasteiger partial charge in [-0.1, -0.05) is 6.92 Å². The van der Waals surface area contributed by atoms with Crippen molar-refractivity contribution in [3.63, 3.8) is 0 Å². The van der Waals surface area contributed by atoms with E-state index in [2.05, 4.69) is 10.6 Å². The van der Waals surface area contributed by atoms with Gasteiger partial charge in [0.1, 0.15) is 22.9 Å². The molecule has 0 unspecified atom stereocenters. The summed E-state index contributed by atoms with van der Waals surface area (Å²) in [4.78, 5) is 24.3. The average Bonchev–Trinajstić information content (AvgIpc) is 2.68. The van der Waals surface area contributed by atoms with E-state index in [-0.39, 0.29) is 11.8 Å². The highest BCUT2D eigenvalue weighted by Crippen LogP contribution is 2.35. The highest BCUT2D eigenvalue weighted by atomic mass is 16.5. The number of nitrogen functional groups attached to an aromatic ring is 1. The van der Waals surface area contributed by atoms with E-state index in [1.165, 1.54) is 21.3 Å². The molecule has 2 amide bonds. The van der Waals surface area contributed by atoms with E-state index in [0.717, 1.165) is 0 Å². The summed E-state index contributed by atoms with van der Waals surface area (Å²) in [5, 5.41) is 5.47. The third-order valence-corrected chi connectivity index (χ3v) is 3.86. The maximum atomic E-state index is 12.6. The molecular formula is C19H23N3O5. The minimum Gasteiger partial charge on any atom is -0.495 e. The van der Waals surface area contributed by atoms with Gasteiger partial charge in [-0.3, -0.25) is 9.59 Å². The molecule has 4 N–H and O–H groups in total. The van der Waals surface area contributed by atoms with Crippen LogP contribution in [0, 0.1) is 0 Å². The zero-order valence-electron chi connectivity index (χ0n) is 15.7. The van der Waals surface area contributed by atoms with Crippen molar-refractivity contribution in [2.45, 2.75) is 13.3 Å². The van der Waals surface area contributed by atoms with Crippen LogP contribution in [-0.2, 0) is 4.79 Å². The lowest BCUT2D eigenvalue weighted by Crippen LogP contribution is -2.15. The molecule has 0 atom stereocenters. The lowest BCUT2D eigenvalue weighted by molar-refractivity contribution is -0.115. The number of benzene rings is 2. The number of carbonyl (C=O) groups excluding carboxylic acids is 2. The number of methoxy groups -OCH3 is 3. The van der Waals surface area contributed by atoms with Gasteiger partial charge in [-0.2, -0.15) is 0 Å². The molecule has 2 rings (SSSR count). The molecule has 0 radical (unpaired) electrons. The van der Waals surface area contributed by atoms with Gasteiger partial charge in [0, 0.05) is 29.8 Å². The summed E-state index contributed by atoms with van der Waals surface area (Å²) in [5.74, 6) is 0.673. The number of rotatable bonds is 7. The summed E-state index contributed by atoms with van der Waals surface area (Å²) in [7, 11) is 4.44. The zero-order chi connectivity index (χ0) is 20.0. The van der Waals surface area contributed by atoms with Crippen LogP contribution >= 0.6 is 0 Å². The molecule has 2 aromatic carbocycles. The van der Waals surface area contributed by atoms with E-state index in [0.29, 0.717) is 46.3 Å². The Bertz CT molecular complexity index is 826. The van der Waals surface area contributed by atoms with Crippen LogP contribution in [-0.4, -0.2) is 33.1 Å². The van der Waals surface area contributed by atoms with Gasteiger partial charge in [0.25, 0.3) is 5.91 Å². The Morgan fingerprint density at radius 2 is 1.52 bits per heavy atom. The van der Waals surface area contributed by atoms with Crippen LogP contribution in [0.4, 0.5) is 17.1 Å². The molecule has 2 aromatic rings. The number of nitrogens with two attached hydrogens (primary N) is 1. The number of carbonyl (C=O) groups is 2. The number of ether oxygens (including phenoxy) is 3. The summed E-state index contributed by atoms with van der Waals surface area (Å²) >= 11 is 0. The summed E-state index contributed by atoms with van der Waals surface area (Å²) in [6, 6.07) is 7.96. The lowest BCUT2D eigenvalue weighted by atomic mass is 10.1. The summed E-state index contributed by atoms with van der Waals surface area (Å²) in [6.07, 6.45) is 0.310. The molecule has 0 aromatic heterocycles. The second kappa shape index (κ2) is 8.79. The maximum absolute atomic E-state index is 12.6. The number of hydrogen-bond donors (Lipinski definition) is 3. The van der Waals surface area contributed by atoms with Gasteiger partial charge < -0.3 is 30.6 Å². The van der Waals surface area contributed by atoms with Crippen molar-refractivity contribution in [2.75, 3.05) is 37.7 Å². The summed E-state index contributed by atoms with van der Waals surface area (Å²) < 4.78 is 15.6. The molecule has 0 fully saturated rings. The molecule has 0 heterocycles. The van der Waals surface area contributed by atoms with Crippen LogP contribution < -0.4 is 30.6 Å². The van der Waals surface area contributed by atoms with Gasteiger partial charge in [-0.15, -0.1) is 0 Å². The van der Waals surface area contributed by atoms with Crippen LogP contribution in [0.5, 0.6) is 17.2 Å². The minimum absolute atomic E-state index is 0.182. The Kier molecular flexibility index (Phi) is 6.48. The molecule has 0 aliphatic rings. The average molecular weight is 373 g/mol. The first-order valence-electron chi connectivity index (χ1n) is 8.24.